The van der Waals surface area contributed by atoms with Gasteiger partial charge in [-0.2, -0.15) is 5.26 Å². The minimum absolute atomic E-state index is 0.218. The SMILES string of the molecule is Cc1cc(C(=O)Nc2sc(C)c(C)c2C#N)c2ccccc2n1. The number of benzene rings is 1. The number of nitriles is 1. The van der Waals surface area contributed by atoms with Crippen LogP contribution in [0.1, 0.15) is 32.1 Å². The number of rotatable bonds is 2. The number of carbonyl (C=O) groups excluding carboxylic acids is 1. The number of amides is 1. The molecule has 1 N–H and O–H groups in total. The third kappa shape index (κ3) is 2.69. The molecule has 4 nitrogen and oxygen atoms in total. The highest BCUT2D eigenvalue weighted by molar-refractivity contribution is 7.16. The summed E-state index contributed by atoms with van der Waals surface area (Å²) >= 11 is 1.43. The van der Waals surface area contributed by atoms with E-state index in [1.54, 1.807) is 6.07 Å². The second kappa shape index (κ2) is 5.82. The van der Waals surface area contributed by atoms with Crippen LogP contribution in [0.2, 0.25) is 0 Å². The van der Waals surface area contributed by atoms with E-state index >= 15 is 0 Å². The lowest BCUT2D eigenvalue weighted by molar-refractivity contribution is 0.102. The number of aromatic nitrogens is 1. The molecule has 0 fully saturated rings. The molecule has 3 rings (SSSR count). The van der Waals surface area contributed by atoms with Gasteiger partial charge >= 0.3 is 0 Å². The molecule has 0 atom stereocenters. The van der Waals surface area contributed by atoms with Crippen LogP contribution >= 0.6 is 11.3 Å². The topological polar surface area (TPSA) is 65.8 Å². The fourth-order valence-electron chi connectivity index (χ4n) is 2.52. The van der Waals surface area contributed by atoms with Gasteiger partial charge in [-0.25, -0.2) is 0 Å². The molecule has 0 unspecified atom stereocenters. The van der Waals surface area contributed by atoms with E-state index < -0.39 is 0 Å². The molecule has 3 aromatic rings. The molecule has 0 aliphatic heterocycles. The minimum atomic E-state index is -0.218. The number of aryl methyl sites for hydroxylation is 2. The number of nitrogens with zero attached hydrogens (tertiary/aromatic N) is 2. The van der Waals surface area contributed by atoms with Gasteiger partial charge < -0.3 is 5.32 Å². The molecule has 2 heterocycles. The van der Waals surface area contributed by atoms with Crippen LogP contribution in [0.15, 0.2) is 30.3 Å². The number of carbonyl (C=O) groups is 1. The second-order valence-corrected chi connectivity index (χ2v) is 6.61. The predicted molar refractivity (Wildman–Crippen MR) is 92.9 cm³/mol. The largest absolute Gasteiger partial charge is 0.312 e. The zero-order valence-corrected chi connectivity index (χ0v) is 13.9. The van der Waals surface area contributed by atoms with Crippen LogP contribution in [0.3, 0.4) is 0 Å². The Hall–Kier alpha value is -2.71. The third-order valence-electron chi connectivity index (χ3n) is 3.81. The first-order valence-electron chi connectivity index (χ1n) is 7.19. The van der Waals surface area contributed by atoms with Crippen molar-refractivity contribution >= 4 is 33.1 Å². The summed E-state index contributed by atoms with van der Waals surface area (Å²) < 4.78 is 0. The van der Waals surface area contributed by atoms with Crippen molar-refractivity contribution in [2.75, 3.05) is 5.32 Å². The highest BCUT2D eigenvalue weighted by Gasteiger charge is 2.17. The molecule has 0 aliphatic rings. The number of fused-ring (bicyclic) bond motifs is 1. The van der Waals surface area contributed by atoms with Gasteiger partial charge in [-0.15, -0.1) is 11.3 Å². The minimum Gasteiger partial charge on any atom is -0.312 e. The van der Waals surface area contributed by atoms with E-state index in [2.05, 4.69) is 16.4 Å². The van der Waals surface area contributed by atoms with E-state index in [1.807, 2.05) is 45.0 Å². The number of pyridine rings is 1. The van der Waals surface area contributed by atoms with Crippen molar-refractivity contribution in [1.29, 1.82) is 5.26 Å². The van der Waals surface area contributed by atoms with E-state index in [9.17, 15) is 10.1 Å². The maximum absolute atomic E-state index is 12.7. The Morgan fingerprint density at radius 3 is 2.74 bits per heavy atom. The van der Waals surface area contributed by atoms with Crippen LogP contribution < -0.4 is 5.32 Å². The first kappa shape index (κ1) is 15.2. The summed E-state index contributed by atoms with van der Waals surface area (Å²) in [5.74, 6) is -0.218. The van der Waals surface area contributed by atoms with Crippen LogP contribution in [-0.2, 0) is 0 Å². The van der Waals surface area contributed by atoms with Crippen molar-refractivity contribution in [2.45, 2.75) is 20.8 Å². The molecule has 1 aromatic carbocycles. The average Bonchev–Trinajstić information content (AvgIpc) is 2.80. The molecule has 0 bridgehead atoms. The van der Waals surface area contributed by atoms with Gasteiger partial charge in [0.05, 0.1) is 16.6 Å². The van der Waals surface area contributed by atoms with Gasteiger partial charge in [0, 0.05) is 16.0 Å². The maximum atomic E-state index is 12.7. The number of nitrogens with one attached hydrogen (secondary N) is 1. The summed E-state index contributed by atoms with van der Waals surface area (Å²) in [6.45, 7) is 5.71. The van der Waals surface area contributed by atoms with Crippen molar-refractivity contribution in [3.8, 4) is 6.07 Å². The highest BCUT2D eigenvalue weighted by atomic mass is 32.1. The van der Waals surface area contributed by atoms with Crippen molar-refractivity contribution in [3.63, 3.8) is 0 Å². The lowest BCUT2D eigenvalue weighted by atomic mass is 10.1. The predicted octanol–water partition coefficient (Wildman–Crippen LogP) is 4.35. The molecule has 0 radical (unpaired) electrons. The molecule has 0 saturated carbocycles. The summed E-state index contributed by atoms with van der Waals surface area (Å²) in [7, 11) is 0. The zero-order chi connectivity index (χ0) is 16.6. The van der Waals surface area contributed by atoms with Crippen LogP contribution in [0.4, 0.5) is 5.00 Å². The molecule has 2 aromatic heterocycles. The summed E-state index contributed by atoms with van der Waals surface area (Å²) in [6.07, 6.45) is 0. The Bertz CT molecular complexity index is 966. The fourth-order valence-corrected chi connectivity index (χ4v) is 3.52. The molecule has 23 heavy (non-hydrogen) atoms. The summed E-state index contributed by atoms with van der Waals surface area (Å²) in [4.78, 5) is 18.2. The van der Waals surface area contributed by atoms with E-state index in [1.165, 1.54) is 11.3 Å². The van der Waals surface area contributed by atoms with Crippen LogP contribution in [-0.4, -0.2) is 10.9 Å². The normalized spacial score (nSPS) is 10.5. The Morgan fingerprint density at radius 1 is 1.26 bits per heavy atom. The number of anilines is 1. The summed E-state index contributed by atoms with van der Waals surface area (Å²) in [5.41, 5.74) is 3.60. The first-order valence-corrected chi connectivity index (χ1v) is 8.00. The summed E-state index contributed by atoms with van der Waals surface area (Å²) in [5, 5.41) is 13.6. The molecule has 0 spiro atoms. The van der Waals surface area contributed by atoms with E-state index in [4.69, 9.17) is 0 Å². The maximum Gasteiger partial charge on any atom is 0.257 e. The average molecular weight is 321 g/mol. The number of hydrogen-bond donors (Lipinski definition) is 1. The molecule has 0 saturated heterocycles. The number of thiophene rings is 1. The Morgan fingerprint density at radius 2 is 2.00 bits per heavy atom. The van der Waals surface area contributed by atoms with Crippen LogP contribution in [0.5, 0.6) is 0 Å². The molecular formula is C18H15N3OS. The van der Waals surface area contributed by atoms with Crippen LogP contribution in [0, 0.1) is 32.1 Å². The van der Waals surface area contributed by atoms with Gasteiger partial charge in [0.15, 0.2) is 0 Å². The summed E-state index contributed by atoms with van der Waals surface area (Å²) in [6, 6.07) is 11.5. The third-order valence-corrected chi connectivity index (χ3v) is 4.94. The van der Waals surface area contributed by atoms with Gasteiger partial charge in [0.2, 0.25) is 0 Å². The van der Waals surface area contributed by atoms with Crippen molar-refractivity contribution in [2.24, 2.45) is 0 Å². The number of para-hydroxylation sites is 1. The molecule has 0 aliphatic carbocycles. The second-order valence-electron chi connectivity index (χ2n) is 5.38. The van der Waals surface area contributed by atoms with Gasteiger partial charge in [-0.3, -0.25) is 9.78 Å². The monoisotopic (exact) mass is 321 g/mol. The van der Waals surface area contributed by atoms with E-state index in [0.29, 0.717) is 16.1 Å². The molecule has 5 heteroatoms. The Labute approximate surface area is 138 Å². The van der Waals surface area contributed by atoms with Gasteiger partial charge in [-0.05, 0) is 38.5 Å². The van der Waals surface area contributed by atoms with Gasteiger partial charge in [0.25, 0.3) is 5.91 Å². The molecule has 114 valence electrons. The smallest absolute Gasteiger partial charge is 0.257 e. The lowest BCUT2D eigenvalue weighted by Crippen LogP contribution is -2.13. The van der Waals surface area contributed by atoms with Gasteiger partial charge in [0.1, 0.15) is 11.1 Å². The van der Waals surface area contributed by atoms with E-state index in [0.717, 1.165) is 27.0 Å². The first-order chi connectivity index (χ1) is 11.0. The van der Waals surface area contributed by atoms with Crippen LogP contribution in [0.25, 0.3) is 10.9 Å². The van der Waals surface area contributed by atoms with Crippen molar-refractivity contribution in [3.05, 3.63) is 57.6 Å². The fraction of sp³-hybridized carbons (Fsp3) is 0.167. The van der Waals surface area contributed by atoms with Crippen molar-refractivity contribution < 1.29 is 4.79 Å². The zero-order valence-electron chi connectivity index (χ0n) is 13.1. The highest BCUT2D eigenvalue weighted by Crippen LogP contribution is 2.32. The van der Waals surface area contributed by atoms with E-state index in [-0.39, 0.29) is 5.91 Å². The molecular weight excluding hydrogens is 306 g/mol. The standard InChI is InChI=1S/C18H15N3OS/c1-10-8-14(13-6-4-5-7-16(13)20-10)17(22)21-18-15(9-19)11(2)12(3)23-18/h4-8H,1-3H3,(H,21,22). The Kier molecular flexibility index (Phi) is 3.85. The molecule has 1 amide bonds. The lowest BCUT2D eigenvalue weighted by Gasteiger charge is -2.08. The van der Waals surface area contributed by atoms with Crippen molar-refractivity contribution in [1.82, 2.24) is 4.98 Å². The quantitative estimate of drug-likeness (QED) is 0.763. The Balaban J connectivity index is 2.06. The van der Waals surface area contributed by atoms with Gasteiger partial charge in [-0.1, -0.05) is 18.2 Å². The number of hydrogen-bond acceptors (Lipinski definition) is 4.